The number of hydrogen-bond acceptors (Lipinski definition) is 4. The summed E-state index contributed by atoms with van der Waals surface area (Å²) in [6.07, 6.45) is -2.99. The van der Waals surface area contributed by atoms with Crippen LogP contribution in [0.25, 0.3) is 0 Å². The van der Waals surface area contributed by atoms with Gasteiger partial charge in [-0.25, -0.2) is 19.2 Å². The zero-order chi connectivity index (χ0) is 26.7. The Bertz CT molecular complexity index is 1330. The van der Waals surface area contributed by atoms with Crippen LogP contribution in [0.3, 0.4) is 0 Å². The fraction of sp³-hybridized carbons (Fsp3) is 0. The van der Waals surface area contributed by atoms with Crippen molar-refractivity contribution < 1.29 is 69.2 Å². The Labute approximate surface area is 239 Å². The van der Waals surface area contributed by atoms with Crippen LogP contribution in [0.1, 0.15) is 41.4 Å². The first-order valence-electron chi connectivity index (χ1n) is 11.2. The van der Waals surface area contributed by atoms with Crippen LogP contribution in [0, 0.1) is 0 Å². The molecule has 4 aromatic carbocycles. The van der Waals surface area contributed by atoms with Gasteiger partial charge in [-0.1, -0.05) is 97.1 Å². The summed E-state index contributed by atoms with van der Waals surface area (Å²) in [6.45, 7) is 0. The van der Waals surface area contributed by atoms with E-state index in [4.69, 9.17) is 0 Å². The Balaban J connectivity index is 0.00000400. The van der Waals surface area contributed by atoms with Gasteiger partial charge in [-0.15, -0.1) is 0 Å². The molecule has 0 aromatic heterocycles. The van der Waals surface area contributed by atoms with Gasteiger partial charge in [0.2, 0.25) is 0 Å². The van der Waals surface area contributed by atoms with Crippen molar-refractivity contribution in [2.45, 2.75) is 0 Å². The minimum absolute atomic E-state index is 0. The molecule has 10 heteroatoms. The van der Waals surface area contributed by atoms with Crippen LogP contribution in [-0.2, 0) is 0 Å². The molecule has 0 radical (unpaired) electrons. The van der Waals surface area contributed by atoms with Crippen molar-refractivity contribution in [3.63, 3.8) is 0 Å². The molecule has 0 saturated heterocycles. The van der Waals surface area contributed by atoms with Gasteiger partial charge in [0.15, 0.2) is 0 Å². The first kappa shape index (κ1) is 28.4. The smallest absolute Gasteiger partial charge is 0.478 e. The number of benzene rings is 4. The van der Waals surface area contributed by atoms with Crippen LogP contribution in [0.5, 0.6) is 0 Å². The standard InChI is InChI=1S/C28H20BO8.Na/c30-25(31)17-9-1-5-13-21(17)29(22-14-6-2-10-18(22)26(32)33,23-15-7-3-11-19(23)27(34)35)24-16-8-4-12-20(24)28(36)37;/h1-16H,(H,30,31)(H,32,33)(H,34,35)(H,36,37);/q-1;+1. The zero-order valence-corrected chi connectivity index (χ0v) is 22.2. The molecule has 0 heterocycles. The molecule has 0 bridgehead atoms. The van der Waals surface area contributed by atoms with Crippen LogP contribution in [-0.4, -0.2) is 50.4 Å². The van der Waals surface area contributed by atoms with E-state index in [1.165, 1.54) is 72.8 Å². The van der Waals surface area contributed by atoms with Crippen molar-refractivity contribution in [2.75, 3.05) is 0 Å². The van der Waals surface area contributed by atoms with Crippen LogP contribution >= 0.6 is 0 Å². The molecule has 0 fully saturated rings. The van der Waals surface area contributed by atoms with Gasteiger partial charge in [-0.3, -0.25) is 0 Å². The van der Waals surface area contributed by atoms with Gasteiger partial charge in [-0.05, 0) is 0 Å². The molecule has 0 atom stereocenters. The molecule has 0 amide bonds. The van der Waals surface area contributed by atoms with Crippen molar-refractivity contribution >= 4 is 51.9 Å². The summed E-state index contributed by atoms with van der Waals surface area (Å²) in [4.78, 5) is 49.9. The van der Waals surface area contributed by atoms with Gasteiger partial charge >= 0.3 is 53.4 Å². The fourth-order valence-electron chi connectivity index (χ4n) is 5.28. The molecule has 0 spiro atoms. The first-order valence-corrected chi connectivity index (χ1v) is 11.2. The summed E-state index contributed by atoms with van der Waals surface area (Å²) in [6, 6.07) is 23.3. The van der Waals surface area contributed by atoms with Gasteiger partial charge in [0.1, 0.15) is 6.15 Å². The molecular weight excluding hydrogens is 498 g/mol. The van der Waals surface area contributed by atoms with E-state index in [1.54, 1.807) is 24.3 Å². The maximum absolute atomic E-state index is 12.5. The minimum atomic E-state index is -2.99. The maximum atomic E-state index is 12.5. The fourth-order valence-corrected chi connectivity index (χ4v) is 5.28. The van der Waals surface area contributed by atoms with Crippen molar-refractivity contribution in [1.29, 1.82) is 0 Å². The zero-order valence-electron chi connectivity index (χ0n) is 20.2. The quantitative estimate of drug-likeness (QED) is 0.214. The van der Waals surface area contributed by atoms with Gasteiger partial charge < -0.3 is 20.4 Å². The van der Waals surface area contributed by atoms with Crippen molar-refractivity contribution in [1.82, 2.24) is 0 Å². The molecule has 0 aliphatic rings. The number of carboxylic acids is 4. The van der Waals surface area contributed by atoms with Crippen LogP contribution in [0.2, 0.25) is 0 Å². The Kier molecular flexibility index (Phi) is 8.58. The van der Waals surface area contributed by atoms with Gasteiger partial charge in [0.05, 0.1) is 0 Å². The number of hydrogen-bond donors (Lipinski definition) is 4. The normalized spacial score (nSPS) is 10.7. The number of rotatable bonds is 8. The summed E-state index contributed by atoms with van der Waals surface area (Å²) in [7, 11) is 0. The number of carbonyl (C=O) groups is 4. The van der Waals surface area contributed by atoms with E-state index in [1.807, 2.05) is 0 Å². The van der Waals surface area contributed by atoms with Crippen molar-refractivity contribution in [3.8, 4) is 0 Å². The van der Waals surface area contributed by atoms with Gasteiger partial charge in [-0.2, -0.15) is 21.9 Å². The average molecular weight is 518 g/mol. The maximum Gasteiger partial charge on any atom is 1.00 e. The molecule has 0 aliphatic carbocycles. The summed E-state index contributed by atoms with van der Waals surface area (Å²) < 4.78 is 0. The van der Waals surface area contributed by atoms with E-state index in [0.717, 1.165) is 0 Å². The predicted molar refractivity (Wildman–Crippen MR) is 138 cm³/mol. The van der Waals surface area contributed by atoms with Crippen molar-refractivity contribution in [2.24, 2.45) is 0 Å². The third kappa shape index (κ3) is 4.75. The van der Waals surface area contributed by atoms with E-state index in [0.29, 0.717) is 0 Å². The van der Waals surface area contributed by atoms with E-state index < -0.39 is 30.0 Å². The molecule has 4 aromatic rings. The SMILES string of the molecule is O=C(O)c1ccccc1[B-](c1ccccc1C(=O)O)(c1ccccc1C(=O)O)c1ccccc1C(=O)O.[Na+]. The van der Waals surface area contributed by atoms with E-state index in [-0.39, 0.29) is 73.7 Å². The van der Waals surface area contributed by atoms with Gasteiger partial charge in [0, 0.05) is 22.3 Å². The molecule has 0 saturated carbocycles. The summed E-state index contributed by atoms with van der Waals surface area (Å²) in [5.74, 6) is -5.35. The Morgan fingerprint density at radius 1 is 0.395 bits per heavy atom. The Morgan fingerprint density at radius 3 is 0.763 bits per heavy atom. The summed E-state index contributed by atoms with van der Waals surface area (Å²) >= 11 is 0. The van der Waals surface area contributed by atoms with Crippen LogP contribution < -0.4 is 51.4 Å². The molecule has 4 rings (SSSR count). The van der Waals surface area contributed by atoms with E-state index >= 15 is 0 Å². The molecule has 0 unspecified atom stereocenters. The molecule has 8 nitrogen and oxygen atoms in total. The Hall–Kier alpha value is -4.18. The monoisotopic (exact) mass is 518 g/mol. The van der Waals surface area contributed by atoms with E-state index in [9.17, 15) is 39.6 Å². The third-order valence-electron chi connectivity index (χ3n) is 6.63. The predicted octanol–water partition coefficient (Wildman–Crippen LogP) is -1.14. The minimum Gasteiger partial charge on any atom is -0.478 e. The number of aromatic carboxylic acids is 4. The number of carboxylic acid groups (broad SMARTS) is 4. The second-order valence-electron chi connectivity index (χ2n) is 8.44. The average Bonchev–Trinajstić information content (AvgIpc) is 2.90. The van der Waals surface area contributed by atoms with E-state index in [2.05, 4.69) is 0 Å². The molecule has 184 valence electrons. The second kappa shape index (κ2) is 11.5. The molecule has 4 N–H and O–H groups in total. The third-order valence-corrected chi connectivity index (χ3v) is 6.63. The molecular formula is C28H20BNaO8. The largest absolute Gasteiger partial charge is 1.00 e. The summed E-state index contributed by atoms with van der Waals surface area (Å²) in [5.41, 5.74) is -0.577. The van der Waals surface area contributed by atoms with Crippen LogP contribution in [0.15, 0.2) is 97.1 Å². The molecule has 0 aliphatic heterocycles. The Morgan fingerprint density at radius 2 is 0.579 bits per heavy atom. The second-order valence-corrected chi connectivity index (χ2v) is 8.44. The van der Waals surface area contributed by atoms with Crippen LogP contribution in [0.4, 0.5) is 0 Å². The first-order chi connectivity index (χ1) is 17.7. The summed E-state index contributed by atoms with van der Waals surface area (Å²) in [5, 5.41) is 40.7. The topological polar surface area (TPSA) is 149 Å². The van der Waals surface area contributed by atoms with Gasteiger partial charge in [0.25, 0.3) is 0 Å². The molecule has 38 heavy (non-hydrogen) atoms. The van der Waals surface area contributed by atoms with Crippen molar-refractivity contribution in [3.05, 3.63) is 119 Å².